The fourth-order valence-corrected chi connectivity index (χ4v) is 0.644. The molecule has 0 saturated heterocycles. The maximum absolute atomic E-state index is 10.2. The Morgan fingerprint density at radius 2 is 2.20 bits per heavy atom. The lowest BCUT2D eigenvalue weighted by Crippen LogP contribution is -2.31. The Labute approximate surface area is 58.5 Å². The van der Waals surface area contributed by atoms with Crippen LogP contribution in [0.5, 0.6) is 0 Å². The molecule has 0 aliphatic heterocycles. The third-order valence-corrected chi connectivity index (χ3v) is 1.31. The van der Waals surface area contributed by atoms with E-state index in [1.807, 2.05) is 0 Å². The van der Waals surface area contributed by atoms with Gasteiger partial charge in [0.05, 0.1) is 4.92 Å². The van der Waals surface area contributed by atoms with Gasteiger partial charge in [-0.05, 0) is 6.42 Å². The van der Waals surface area contributed by atoms with E-state index in [4.69, 9.17) is 0 Å². The summed E-state index contributed by atoms with van der Waals surface area (Å²) in [4.78, 5) is 19.5. The van der Waals surface area contributed by atoms with Crippen LogP contribution in [0.3, 0.4) is 0 Å². The summed E-state index contributed by atoms with van der Waals surface area (Å²) in [6.07, 6.45) is 0.784. The number of hydrogen-bond donors (Lipinski definition) is 0. The highest BCUT2D eigenvalue weighted by atomic mass is 16.6. The summed E-state index contributed by atoms with van der Waals surface area (Å²) in [5.41, 5.74) is -1.62. The van der Waals surface area contributed by atoms with Crippen molar-refractivity contribution in [2.75, 3.05) is 0 Å². The lowest BCUT2D eigenvalue weighted by atomic mass is 10.1. The minimum atomic E-state index is -1.62. The second-order valence-electron chi connectivity index (χ2n) is 2.32. The standard InChI is InChI=1S/C5H10N2O3/c1-3-4-5(2,6-8)7(9)10/h3-4H2,1-2H3. The van der Waals surface area contributed by atoms with E-state index in [9.17, 15) is 15.0 Å². The first-order valence-corrected chi connectivity index (χ1v) is 3.06. The molecule has 0 N–H and O–H groups in total. The van der Waals surface area contributed by atoms with Crippen molar-refractivity contribution in [1.82, 2.24) is 0 Å². The predicted molar refractivity (Wildman–Crippen MR) is 36.1 cm³/mol. The van der Waals surface area contributed by atoms with Gasteiger partial charge in [0.15, 0.2) is 0 Å². The summed E-state index contributed by atoms with van der Waals surface area (Å²) >= 11 is 0. The van der Waals surface area contributed by atoms with Gasteiger partial charge in [-0.3, -0.25) is 10.1 Å². The van der Waals surface area contributed by atoms with E-state index in [0.717, 1.165) is 0 Å². The molecule has 1 atom stereocenters. The van der Waals surface area contributed by atoms with Gasteiger partial charge in [0.25, 0.3) is 0 Å². The minimum absolute atomic E-state index is 0.198. The molecule has 0 radical (unpaired) electrons. The Bertz CT molecular complexity index is 148. The van der Waals surface area contributed by atoms with Crippen LogP contribution in [0.15, 0.2) is 5.18 Å². The number of hydrogen-bond acceptors (Lipinski definition) is 4. The highest BCUT2D eigenvalue weighted by Gasteiger charge is 2.37. The van der Waals surface area contributed by atoms with Crippen LogP contribution in [0, 0.1) is 15.0 Å². The lowest BCUT2D eigenvalue weighted by molar-refractivity contribution is -0.564. The molecule has 0 bridgehead atoms. The van der Waals surface area contributed by atoms with Crippen molar-refractivity contribution >= 4 is 0 Å². The number of nitrogens with zero attached hydrogens (tertiary/aromatic N) is 2. The van der Waals surface area contributed by atoms with E-state index in [2.05, 4.69) is 5.18 Å². The highest BCUT2D eigenvalue weighted by Crippen LogP contribution is 2.16. The molecule has 0 amide bonds. The number of nitroso groups, excluding NO2 is 1. The Balaban J connectivity index is 4.22. The van der Waals surface area contributed by atoms with E-state index in [0.29, 0.717) is 6.42 Å². The molecule has 1 unspecified atom stereocenters. The molecule has 0 aromatic heterocycles. The predicted octanol–water partition coefficient (Wildman–Crippen LogP) is 1.55. The third kappa shape index (κ3) is 1.75. The molecule has 58 valence electrons. The van der Waals surface area contributed by atoms with Crippen molar-refractivity contribution < 1.29 is 4.92 Å². The van der Waals surface area contributed by atoms with Crippen LogP contribution in [0.25, 0.3) is 0 Å². The smallest absolute Gasteiger partial charge is 0.262 e. The van der Waals surface area contributed by atoms with Crippen molar-refractivity contribution in [2.45, 2.75) is 32.4 Å². The minimum Gasteiger partial charge on any atom is -0.262 e. The molecule has 5 nitrogen and oxygen atoms in total. The first-order chi connectivity index (χ1) is 4.56. The fraction of sp³-hybridized carbons (Fsp3) is 1.00. The zero-order chi connectivity index (χ0) is 8.20. The molecule has 5 heteroatoms. The second-order valence-corrected chi connectivity index (χ2v) is 2.32. The Morgan fingerprint density at radius 3 is 2.30 bits per heavy atom. The third-order valence-electron chi connectivity index (χ3n) is 1.31. The van der Waals surface area contributed by atoms with Crippen molar-refractivity contribution in [1.29, 1.82) is 0 Å². The van der Waals surface area contributed by atoms with Crippen molar-refractivity contribution in [3.63, 3.8) is 0 Å². The summed E-state index contributed by atoms with van der Waals surface area (Å²) in [5.74, 6) is 0. The quantitative estimate of drug-likeness (QED) is 0.343. The summed E-state index contributed by atoms with van der Waals surface area (Å²) in [7, 11) is 0. The number of nitro groups is 1. The van der Waals surface area contributed by atoms with Gasteiger partial charge in [-0.2, -0.15) is 0 Å². The maximum Gasteiger partial charge on any atom is 0.345 e. The summed E-state index contributed by atoms with van der Waals surface area (Å²) in [6.45, 7) is 3.00. The first-order valence-electron chi connectivity index (χ1n) is 3.06. The molecule has 0 heterocycles. The van der Waals surface area contributed by atoms with Crippen LogP contribution in [0.1, 0.15) is 26.7 Å². The van der Waals surface area contributed by atoms with E-state index in [-0.39, 0.29) is 6.42 Å². The van der Waals surface area contributed by atoms with Crippen LogP contribution >= 0.6 is 0 Å². The Morgan fingerprint density at radius 1 is 1.70 bits per heavy atom. The molecular weight excluding hydrogens is 136 g/mol. The van der Waals surface area contributed by atoms with Gasteiger partial charge >= 0.3 is 5.66 Å². The summed E-state index contributed by atoms with van der Waals surface area (Å²) in [6, 6.07) is 0. The van der Waals surface area contributed by atoms with Crippen molar-refractivity contribution in [3.05, 3.63) is 15.0 Å². The van der Waals surface area contributed by atoms with E-state index in [1.165, 1.54) is 6.92 Å². The second kappa shape index (κ2) is 3.24. The van der Waals surface area contributed by atoms with Crippen LogP contribution in [-0.2, 0) is 0 Å². The summed E-state index contributed by atoms with van der Waals surface area (Å²) in [5, 5.41) is 12.6. The molecule has 0 saturated carbocycles. The Kier molecular flexibility index (Phi) is 2.92. The molecule has 0 aliphatic rings. The molecular formula is C5H10N2O3. The van der Waals surface area contributed by atoms with Gasteiger partial charge in [0, 0.05) is 18.5 Å². The van der Waals surface area contributed by atoms with Gasteiger partial charge in [-0.1, -0.05) is 6.92 Å². The average Bonchev–Trinajstić information content (AvgIpc) is 1.88. The normalized spacial score (nSPS) is 15.8. The van der Waals surface area contributed by atoms with Crippen molar-refractivity contribution in [2.24, 2.45) is 5.18 Å². The lowest BCUT2D eigenvalue weighted by Gasteiger charge is -2.09. The first kappa shape index (κ1) is 9.00. The molecule has 0 spiro atoms. The van der Waals surface area contributed by atoms with Gasteiger partial charge < -0.3 is 0 Å². The van der Waals surface area contributed by atoms with E-state index >= 15 is 0 Å². The van der Waals surface area contributed by atoms with E-state index in [1.54, 1.807) is 6.92 Å². The van der Waals surface area contributed by atoms with E-state index < -0.39 is 10.6 Å². The molecule has 0 aromatic carbocycles. The zero-order valence-corrected chi connectivity index (χ0v) is 6.03. The molecule has 0 fully saturated rings. The summed E-state index contributed by atoms with van der Waals surface area (Å²) < 4.78 is 0. The van der Waals surface area contributed by atoms with Crippen LogP contribution in [0.2, 0.25) is 0 Å². The molecule has 0 aliphatic carbocycles. The SMILES string of the molecule is CCCC(C)(N=O)[N+](=O)[O-]. The van der Waals surface area contributed by atoms with Gasteiger partial charge in [0.2, 0.25) is 0 Å². The van der Waals surface area contributed by atoms with Gasteiger partial charge in [0.1, 0.15) is 0 Å². The Hall–Kier alpha value is -1.00. The molecule has 0 rings (SSSR count). The maximum atomic E-state index is 10.2. The van der Waals surface area contributed by atoms with Gasteiger partial charge in [-0.25, -0.2) is 0 Å². The van der Waals surface area contributed by atoms with Crippen LogP contribution in [-0.4, -0.2) is 10.6 Å². The zero-order valence-electron chi connectivity index (χ0n) is 6.03. The van der Waals surface area contributed by atoms with Crippen LogP contribution in [0.4, 0.5) is 0 Å². The largest absolute Gasteiger partial charge is 0.345 e. The average molecular weight is 146 g/mol. The van der Waals surface area contributed by atoms with Crippen molar-refractivity contribution in [3.8, 4) is 0 Å². The molecule has 0 aromatic rings. The van der Waals surface area contributed by atoms with Crippen LogP contribution < -0.4 is 0 Å². The number of rotatable bonds is 4. The topological polar surface area (TPSA) is 72.6 Å². The highest BCUT2D eigenvalue weighted by molar-refractivity contribution is 4.67. The fourth-order valence-electron chi connectivity index (χ4n) is 0.644. The van der Waals surface area contributed by atoms with Gasteiger partial charge in [-0.15, -0.1) is 4.91 Å². The monoisotopic (exact) mass is 146 g/mol. The molecule has 10 heavy (non-hydrogen) atoms.